The highest BCUT2D eigenvalue weighted by molar-refractivity contribution is 5.58. The number of nitro groups is 1. The van der Waals surface area contributed by atoms with Gasteiger partial charge in [-0.05, 0) is 67.9 Å². The molecule has 1 aliphatic carbocycles. The molecule has 0 unspecified atom stereocenters. The fourth-order valence-corrected chi connectivity index (χ4v) is 4.18. The van der Waals surface area contributed by atoms with Crippen molar-refractivity contribution in [1.82, 2.24) is 15.0 Å². The van der Waals surface area contributed by atoms with Crippen molar-refractivity contribution in [1.29, 1.82) is 0 Å². The van der Waals surface area contributed by atoms with E-state index in [0.29, 0.717) is 36.6 Å². The first-order valence-electron chi connectivity index (χ1n) is 10.8. The summed E-state index contributed by atoms with van der Waals surface area (Å²) in [6.45, 7) is 0.482. The van der Waals surface area contributed by atoms with Gasteiger partial charge in [-0.15, -0.1) is 0 Å². The van der Waals surface area contributed by atoms with Crippen LogP contribution in [0.1, 0.15) is 36.9 Å². The zero-order valence-electron chi connectivity index (χ0n) is 17.8. The van der Waals surface area contributed by atoms with E-state index in [1.807, 2.05) is 30.3 Å². The summed E-state index contributed by atoms with van der Waals surface area (Å²) in [4.78, 5) is 23.7. The molecule has 0 atom stereocenters. The second kappa shape index (κ2) is 10.0. The van der Waals surface area contributed by atoms with Crippen molar-refractivity contribution in [3.63, 3.8) is 0 Å². The average Bonchev–Trinajstić information content (AvgIpc) is 2.80. The topological polar surface area (TPSA) is 132 Å². The van der Waals surface area contributed by atoms with E-state index in [0.717, 1.165) is 36.9 Å². The molecule has 2 aromatic heterocycles. The SMILES string of the molecule is Nc1nc(NCc2ccncc2)nc(CC2CCC(Nc3ccccc3)CC2)c1[N+](=O)[O-]. The number of hydrogen-bond acceptors (Lipinski definition) is 8. The highest BCUT2D eigenvalue weighted by Crippen LogP contribution is 2.33. The van der Waals surface area contributed by atoms with E-state index >= 15 is 0 Å². The predicted molar refractivity (Wildman–Crippen MR) is 124 cm³/mol. The van der Waals surface area contributed by atoms with Crippen LogP contribution in [0, 0.1) is 16.0 Å². The molecule has 1 aromatic carbocycles. The molecule has 4 rings (SSSR count). The Hall–Kier alpha value is -3.75. The van der Waals surface area contributed by atoms with Gasteiger partial charge in [0.1, 0.15) is 5.69 Å². The Morgan fingerprint density at radius 1 is 1.03 bits per heavy atom. The first-order chi connectivity index (χ1) is 15.6. The molecule has 1 aliphatic rings. The number of anilines is 3. The molecule has 0 bridgehead atoms. The van der Waals surface area contributed by atoms with Crippen LogP contribution in [0.5, 0.6) is 0 Å². The maximum absolute atomic E-state index is 11.6. The molecule has 0 amide bonds. The van der Waals surface area contributed by atoms with Gasteiger partial charge in [0.2, 0.25) is 11.8 Å². The maximum atomic E-state index is 11.6. The molecule has 9 heteroatoms. The van der Waals surface area contributed by atoms with Crippen LogP contribution in [0.4, 0.5) is 23.1 Å². The molecule has 0 aliphatic heterocycles. The molecule has 2 heterocycles. The van der Waals surface area contributed by atoms with Crippen LogP contribution < -0.4 is 16.4 Å². The van der Waals surface area contributed by atoms with Crippen molar-refractivity contribution >= 4 is 23.1 Å². The van der Waals surface area contributed by atoms with Gasteiger partial charge in [0, 0.05) is 30.7 Å². The first-order valence-corrected chi connectivity index (χ1v) is 10.8. The molecule has 9 nitrogen and oxygen atoms in total. The van der Waals surface area contributed by atoms with Gasteiger partial charge in [-0.25, -0.2) is 4.98 Å². The third-order valence-corrected chi connectivity index (χ3v) is 5.84. The van der Waals surface area contributed by atoms with E-state index in [9.17, 15) is 10.1 Å². The van der Waals surface area contributed by atoms with Gasteiger partial charge < -0.3 is 16.4 Å². The van der Waals surface area contributed by atoms with Crippen LogP contribution in [0.2, 0.25) is 0 Å². The van der Waals surface area contributed by atoms with Crippen molar-refractivity contribution in [3.8, 4) is 0 Å². The van der Waals surface area contributed by atoms with Crippen LogP contribution in [0.25, 0.3) is 0 Å². The van der Waals surface area contributed by atoms with E-state index in [4.69, 9.17) is 5.73 Å². The molecule has 166 valence electrons. The highest BCUT2D eigenvalue weighted by atomic mass is 16.6. The van der Waals surface area contributed by atoms with Gasteiger partial charge in [0.25, 0.3) is 0 Å². The third-order valence-electron chi connectivity index (χ3n) is 5.84. The van der Waals surface area contributed by atoms with Crippen molar-refractivity contribution < 1.29 is 4.92 Å². The smallest absolute Gasteiger partial charge is 0.332 e. The Morgan fingerprint density at radius 2 is 1.75 bits per heavy atom. The zero-order valence-corrected chi connectivity index (χ0v) is 17.8. The number of pyridine rings is 1. The lowest BCUT2D eigenvalue weighted by molar-refractivity contribution is -0.385. The summed E-state index contributed by atoms with van der Waals surface area (Å²) in [5.74, 6) is 0.529. The lowest BCUT2D eigenvalue weighted by Crippen LogP contribution is -2.27. The molecule has 32 heavy (non-hydrogen) atoms. The average molecular weight is 434 g/mol. The van der Waals surface area contributed by atoms with Gasteiger partial charge in [0.15, 0.2) is 0 Å². The number of hydrogen-bond donors (Lipinski definition) is 3. The summed E-state index contributed by atoms with van der Waals surface area (Å²) in [5, 5.41) is 18.3. The van der Waals surface area contributed by atoms with Crippen LogP contribution in [0.3, 0.4) is 0 Å². The van der Waals surface area contributed by atoms with Crippen LogP contribution >= 0.6 is 0 Å². The lowest BCUT2D eigenvalue weighted by atomic mass is 9.83. The number of aromatic nitrogens is 3. The fraction of sp³-hybridized carbons (Fsp3) is 0.348. The van der Waals surface area contributed by atoms with Crippen molar-refractivity contribution in [3.05, 3.63) is 76.2 Å². The van der Waals surface area contributed by atoms with Gasteiger partial charge in [-0.1, -0.05) is 18.2 Å². The number of nitrogen functional groups attached to an aromatic ring is 1. The summed E-state index contributed by atoms with van der Waals surface area (Å²) in [5.41, 5.74) is 8.31. The van der Waals surface area contributed by atoms with Crippen LogP contribution in [-0.2, 0) is 13.0 Å². The standard InChI is InChI=1S/C23H27N7O2/c24-22-21(30(31)32)20(28-23(29-22)26-15-17-10-12-25-13-11-17)14-16-6-8-19(9-7-16)27-18-4-2-1-3-5-18/h1-5,10-13,16,19,27H,6-9,14-15H2,(H3,24,26,28,29). The highest BCUT2D eigenvalue weighted by Gasteiger charge is 2.28. The van der Waals surface area contributed by atoms with E-state index in [2.05, 4.69) is 37.7 Å². The second-order valence-electron chi connectivity index (χ2n) is 8.13. The molecule has 0 spiro atoms. The number of para-hydroxylation sites is 1. The van der Waals surface area contributed by atoms with Gasteiger partial charge in [-0.2, -0.15) is 4.98 Å². The summed E-state index contributed by atoms with van der Waals surface area (Å²) in [6.07, 6.45) is 7.91. The van der Waals surface area contributed by atoms with Crippen molar-refractivity contribution in [2.24, 2.45) is 5.92 Å². The second-order valence-corrected chi connectivity index (χ2v) is 8.13. The molecular formula is C23H27N7O2. The Balaban J connectivity index is 1.41. The Bertz CT molecular complexity index is 1040. The summed E-state index contributed by atoms with van der Waals surface area (Å²) >= 11 is 0. The zero-order chi connectivity index (χ0) is 22.3. The quantitative estimate of drug-likeness (QED) is 0.356. The first kappa shape index (κ1) is 21.5. The monoisotopic (exact) mass is 433 g/mol. The fourth-order valence-electron chi connectivity index (χ4n) is 4.18. The maximum Gasteiger partial charge on any atom is 0.332 e. The lowest BCUT2D eigenvalue weighted by Gasteiger charge is -2.29. The number of benzene rings is 1. The van der Waals surface area contributed by atoms with Gasteiger partial charge >= 0.3 is 5.69 Å². The van der Waals surface area contributed by atoms with Crippen molar-refractivity contribution in [2.45, 2.75) is 44.7 Å². The Labute approximate surface area is 186 Å². The number of rotatable bonds is 8. The summed E-state index contributed by atoms with van der Waals surface area (Å²) in [7, 11) is 0. The molecule has 4 N–H and O–H groups in total. The Kier molecular flexibility index (Phi) is 6.74. The molecular weight excluding hydrogens is 406 g/mol. The van der Waals surface area contributed by atoms with Gasteiger partial charge in [0.05, 0.1) is 4.92 Å². The van der Waals surface area contributed by atoms with Gasteiger partial charge in [-0.3, -0.25) is 15.1 Å². The molecule has 3 aromatic rings. The number of nitrogens with zero attached hydrogens (tertiary/aromatic N) is 4. The number of nitrogens with two attached hydrogens (primary N) is 1. The third kappa shape index (κ3) is 5.48. The molecule has 1 saturated carbocycles. The molecule has 0 radical (unpaired) electrons. The van der Waals surface area contributed by atoms with E-state index in [1.54, 1.807) is 12.4 Å². The Morgan fingerprint density at radius 3 is 2.44 bits per heavy atom. The largest absolute Gasteiger partial charge is 0.382 e. The summed E-state index contributed by atoms with van der Waals surface area (Å²) in [6, 6.07) is 14.4. The molecule has 1 fully saturated rings. The van der Waals surface area contributed by atoms with E-state index in [1.165, 1.54) is 0 Å². The predicted octanol–water partition coefficient (Wildman–Crippen LogP) is 4.19. The number of nitrogens with one attached hydrogen (secondary N) is 2. The minimum atomic E-state index is -0.472. The van der Waals surface area contributed by atoms with E-state index in [-0.39, 0.29) is 11.5 Å². The molecule has 0 saturated heterocycles. The van der Waals surface area contributed by atoms with E-state index < -0.39 is 4.92 Å². The minimum Gasteiger partial charge on any atom is -0.382 e. The van der Waals surface area contributed by atoms with Crippen molar-refractivity contribution in [2.75, 3.05) is 16.4 Å². The van der Waals surface area contributed by atoms with Crippen LogP contribution in [-0.4, -0.2) is 25.9 Å². The minimum absolute atomic E-state index is 0.100. The summed E-state index contributed by atoms with van der Waals surface area (Å²) < 4.78 is 0. The van der Waals surface area contributed by atoms with Crippen LogP contribution in [0.15, 0.2) is 54.9 Å². The normalized spacial score (nSPS) is 18.1.